The number of amides is 1. The Labute approximate surface area is 229 Å². The van der Waals surface area contributed by atoms with Gasteiger partial charge in [0.2, 0.25) is 5.91 Å². The van der Waals surface area contributed by atoms with Crippen molar-refractivity contribution in [3.63, 3.8) is 0 Å². The smallest absolute Gasteiger partial charge is 0.305 e. The number of aliphatic carboxylic acids is 1. The number of carbonyl (C=O) groups is 2. The minimum atomic E-state index is -0.894. The van der Waals surface area contributed by atoms with Gasteiger partial charge >= 0.3 is 5.97 Å². The van der Waals surface area contributed by atoms with Crippen LogP contribution < -0.4 is 26.3 Å². The number of carboxylic acids is 1. The van der Waals surface area contributed by atoms with E-state index >= 15 is 0 Å². The highest BCUT2D eigenvalue weighted by atomic mass is 79.9. The van der Waals surface area contributed by atoms with Gasteiger partial charge in [-0.25, -0.2) is 0 Å². The van der Waals surface area contributed by atoms with Gasteiger partial charge in [-0.3, -0.25) is 9.59 Å². The van der Waals surface area contributed by atoms with Crippen LogP contribution in [0.1, 0.15) is 68.7 Å². The molecule has 37 heavy (non-hydrogen) atoms. The van der Waals surface area contributed by atoms with Gasteiger partial charge < -0.3 is 41.2 Å². The minimum Gasteiger partial charge on any atom is -1.00 e. The molecule has 1 fully saturated rings. The SMILES string of the molecule is Cc1ccccc1COC1C(N2CCCCCC2=O)c2c[n+](COCCC(=O)O)ccc2OC1(C)C.[Br-]. The van der Waals surface area contributed by atoms with Gasteiger partial charge in [0.05, 0.1) is 31.2 Å². The van der Waals surface area contributed by atoms with Crippen LogP contribution in [-0.2, 0) is 32.4 Å². The van der Waals surface area contributed by atoms with E-state index in [9.17, 15) is 9.59 Å². The van der Waals surface area contributed by atoms with Gasteiger partial charge in [-0.05, 0) is 44.7 Å². The molecule has 0 aliphatic carbocycles. The van der Waals surface area contributed by atoms with Crippen molar-refractivity contribution in [3.05, 3.63) is 59.4 Å². The lowest BCUT2D eigenvalue weighted by Gasteiger charge is -2.47. The molecule has 0 bridgehead atoms. The lowest BCUT2D eigenvalue weighted by molar-refractivity contribution is -0.733. The number of fused-ring (bicyclic) bond motifs is 1. The molecule has 4 rings (SSSR count). The van der Waals surface area contributed by atoms with Crippen LogP contribution in [0.4, 0.5) is 0 Å². The third kappa shape index (κ3) is 7.09. The fraction of sp³-hybridized carbons (Fsp3) is 0.536. The van der Waals surface area contributed by atoms with Crippen LogP contribution in [0, 0.1) is 6.92 Å². The molecule has 1 saturated heterocycles. The molecule has 202 valence electrons. The second-order valence-electron chi connectivity index (χ2n) is 10.2. The lowest BCUT2D eigenvalue weighted by Crippen LogP contribution is -3.00. The summed E-state index contributed by atoms with van der Waals surface area (Å²) in [7, 11) is 0. The Bertz CT molecular complexity index is 1090. The van der Waals surface area contributed by atoms with Gasteiger partial charge in [-0.15, -0.1) is 0 Å². The maximum absolute atomic E-state index is 13.3. The number of aromatic nitrogens is 1. The van der Waals surface area contributed by atoms with E-state index in [-0.39, 0.29) is 48.7 Å². The monoisotopic (exact) mass is 576 g/mol. The van der Waals surface area contributed by atoms with E-state index in [2.05, 4.69) is 19.1 Å². The zero-order valence-corrected chi connectivity index (χ0v) is 23.4. The molecule has 2 unspecified atom stereocenters. The third-order valence-electron chi connectivity index (χ3n) is 7.00. The van der Waals surface area contributed by atoms with E-state index in [1.165, 1.54) is 0 Å². The molecular formula is C28H37BrN2O6. The maximum Gasteiger partial charge on any atom is 0.305 e. The minimum absolute atomic E-state index is 0. The molecule has 1 aromatic carbocycles. The molecule has 2 aromatic rings. The predicted octanol–water partition coefficient (Wildman–Crippen LogP) is 0.935. The molecule has 2 atom stereocenters. The average Bonchev–Trinajstić information content (AvgIpc) is 3.05. The van der Waals surface area contributed by atoms with Crippen molar-refractivity contribution in [1.82, 2.24) is 4.90 Å². The average molecular weight is 578 g/mol. The molecule has 0 spiro atoms. The summed E-state index contributed by atoms with van der Waals surface area (Å²) in [6, 6.07) is 9.73. The summed E-state index contributed by atoms with van der Waals surface area (Å²) in [4.78, 5) is 26.1. The summed E-state index contributed by atoms with van der Waals surface area (Å²) in [5.74, 6) is -0.0345. The van der Waals surface area contributed by atoms with Crippen LogP contribution >= 0.6 is 0 Å². The number of carboxylic acid groups (broad SMARTS) is 1. The van der Waals surface area contributed by atoms with E-state index in [4.69, 9.17) is 19.3 Å². The Kier molecular flexibility index (Phi) is 10.1. The van der Waals surface area contributed by atoms with Crippen LogP contribution in [0.5, 0.6) is 5.75 Å². The summed E-state index contributed by atoms with van der Waals surface area (Å²) < 4.78 is 20.5. The van der Waals surface area contributed by atoms with Crippen LogP contribution in [0.15, 0.2) is 42.7 Å². The van der Waals surface area contributed by atoms with Gasteiger partial charge in [-0.2, -0.15) is 4.57 Å². The Morgan fingerprint density at radius 2 is 2.00 bits per heavy atom. The largest absolute Gasteiger partial charge is 1.00 e. The first kappa shape index (κ1) is 29.1. The number of ether oxygens (including phenoxy) is 3. The molecule has 1 N–H and O–H groups in total. The van der Waals surface area contributed by atoms with Crippen LogP contribution in [0.25, 0.3) is 0 Å². The molecule has 9 heteroatoms. The standard InChI is InChI=1S/C28H36N2O6.BrH/c1-20-9-6-7-10-21(20)18-35-27-26(30-14-8-4-5-11-24(30)31)22-17-29(19-34-16-13-25(32)33)15-12-23(22)36-28(27,2)3;/h6-7,9-10,12,15,17,26-27H,4-5,8,11,13-14,16,18-19H2,1-3H3;1H. The summed E-state index contributed by atoms with van der Waals surface area (Å²) in [6.07, 6.45) is 6.76. The van der Waals surface area contributed by atoms with Gasteiger partial charge in [0.15, 0.2) is 12.4 Å². The number of hydrogen-bond donors (Lipinski definition) is 1. The van der Waals surface area contributed by atoms with Gasteiger partial charge in [-0.1, -0.05) is 30.7 Å². The predicted molar refractivity (Wildman–Crippen MR) is 132 cm³/mol. The molecule has 2 aliphatic heterocycles. The highest BCUT2D eigenvalue weighted by Gasteiger charge is 2.49. The zero-order valence-electron chi connectivity index (χ0n) is 21.8. The quantitative estimate of drug-likeness (QED) is 0.353. The summed E-state index contributed by atoms with van der Waals surface area (Å²) in [6.45, 7) is 7.53. The number of carbonyl (C=O) groups excluding carboxylic acids is 1. The topological polar surface area (TPSA) is 89.2 Å². The van der Waals surface area contributed by atoms with Crippen molar-refractivity contribution in [2.75, 3.05) is 13.2 Å². The maximum atomic E-state index is 13.3. The normalized spacial score (nSPS) is 20.8. The Hall–Kier alpha value is -2.49. The van der Waals surface area contributed by atoms with Crippen molar-refractivity contribution in [3.8, 4) is 5.75 Å². The van der Waals surface area contributed by atoms with E-state index in [0.717, 1.165) is 41.7 Å². The molecule has 3 heterocycles. The number of aryl methyl sites for hydroxylation is 1. The second-order valence-corrected chi connectivity index (χ2v) is 10.2. The van der Waals surface area contributed by atoms with E-state index in [1.54, 1.807) is 0 Å². The van der Waals surface area contributed by atoms with E-state index in [1.807, 2.05) is 53.9 Å². The van der Waals surface area contributed by atoms with Crippen molar-refractivity contribution >= 4 is 11.9 Å². The fourth-order valence-corrected chi connectivity index (χ4v) is 5.03. The first-order valence-corrected chi connectivity index (χ1v) is 12.7. The number of likely N-dealkylation sites (tertiary alicyclic amines) is 1. The molecule has 8 nitrogen and oxygen atoms in total. The number of benzene rings is 1. The van der Waals surface area contributed by atoms with Crippen molar-refractivity contribution in [2.45, 2.75) is 84.0 Å². The van der Waals surface area contributed by atoms with Gasteiger partial charge in [0, 0.05) is 19.0 Å². The van der Waals surface area contributed by atoms with Gasteiger partial charge in [0.25, 0.3) is 6.73 Å². The number of hydrogen-bond acceptors (Lipinski definition) is 5. The lowest BCUT2D eigenvalue weighted by atomic mass is 9.85. The summed E-state index contributed by atoms with van der Waals surface area (Å²) >= 11 is 0. The molecule has 1 aromatic heterocycles. The fourth-order valence-electron chi connectivity index (χ4n) is 5.03. The van der Waals surface area contributed by atoms with E-state index < -0.39 is 17.7 Å². The van der Waals surface area contributed by atoms with Crippen molar-refractivity contribution in [1.29, 1.82) is 0 Å². The highest BCUT2D eigenvalue weighted by molar-refractivity contribution is 5.77. The van der Waals surface area contributed by atoms with E-state index in [0.29, 0.717) is 19.6 Å². The Balaban J connectivity index is 0.00000380. The first-order valence-electron chi connectivity index (χ1n) is 12.7. The summed E-state index contributed by atoms with van der Waals surface area (Å²) in [5.41, 5.74) is 2.47. The second kappa shape index (κ2) is 12.8. The van der Waals surface area contributed by atoms with Crippen LogP contribution in [0.2, 0.25) is 0 Å². The molecule has 1 amide bonds. The first-order chi connectivity index (χ1) is 17.3. The zero-order chi connectivity index (χ0) is 25.7. The van der Waals surface area contributed by atoms with Crippen LogP contribution in [0.3, 0.4) is 0 Å². The Morgan fingerprint density at radius 1 is 1.22 bits per heavy atom. The number of rotatable bonds is 9. The van der Waals surface area contributed by atoms with Crippen molar-refractivity contribution < 1.29 is 50.5 Å². The van der Waals surface area contributed by atoms with Crippen LogP contribution in [-0.4, -0.2) is 46.7 Å². The number of nitrogens with zero attached hydrogens (tertiary/aromatic N) is 2. The van der Waals surface area contributed by atoms with Gasteiger partial charge in [0.1, 0.15) is 17.5 Å². The number of pyridine rings is 1. The molecular weight excluding hydrogens is 540 g/mol. The summed E-state index contributed by atoms with van der Waals surface area (Å²) in [5, 5.41) is 8.87. The molecule has 2 aliphatic rings. The molecule has 0 saturated carbocycles. The Morgan fingerprint density at radius 3 is 2.76 bits per heavy atom. The molecule has 0 radical (unpaired) electrons. The number of halogens is 1. The third-order valence-corrected chi connectivity index (χ3v) is 7.00. The highest BCUT2D eigenvalue weighted by Crippen LogP contribution is 2.44. The van der Waals surface area contributed by atoms with Crippen molar-refractivity contribution in [2.24, 2.45) is 0 Å².